The Kier molecular flexibility index (Phi) is 2.80. The highest BCUT2D eigenvalue weighted by Crippen LogP contribution is 2.25. The number of nitrogens with zero attached hydrogens (tertiary/aromatic N) is 1. The number of carbonyl (C=O) groups excluding carboxylic acids is 2. The number of nitrogen functional groups attached to an aromatic ring is 1. The molecule has 6 nitrogen and oxygen atoms in total. The number of hydrogen-bond acceptors (Lipinski definition) is 4. The number of halogens is 3. The van der Waals surface area contributed by atoms with Crippen molar-refractivity contribution in [3.63, 3.8) is 0 Å². The van der Waals surface area contributed by atoms with Crippen LogP contribution in [0.4, 0.5) is 19.0 Å². The van der Waals surface area contributed by atoms with Crippen molar-refractivity contribution in [2.45, 2.75) is 0 Å². The first kappa shape index (κ1) is 13.9. The van der Waals surface area contributed by atoms with Crippen LogP contribution in [0.25, 0.3) is 5.69 Å². The number of anilines is 1. The molecule has 0 atom stereocenters. The minimum atomic E-state index is -1.79. The molecule has 0 saturated heterocycles. The van der Waals surface area contributed by atoms with Gasteiger partial charge in [-0.3, -0.25) is 24.3 Å². The Labute approximate surface area is 120 Å². The molecule has 3 N–H and O–H groups in total. The number of amides is 2. The fraction of sp³-hybridized carbons (Fsp3) is 0. The summed E-state index contributed by atoms with van der Waals surface area (Å²) < 4.78 is 40.6. The Morgan fingerprint density at radius 2 is 1.68 bits per heavy atom. The highest BCUT2D eigenvalue weighted by Gasteiger charge is 2.32. The molecule has 0 radical (unpaired) electrons. The first-order chi connectivity index (χ1) is 10.3. The summed E-state index contributed by atoms with van der Waals surface area (Å²) in [7, 11) is 0. The summed E-state index contributed by atoms with van der Waals surface area (Å²) in [5.41, 5.74) is 3.42. The summed E-state index contributed by atoms with van der Waals surface area (Å²) >= 11 is 0. The van der Waals surface area contributed by atoms with Crippen LogP contribution in [-0.4, -0.2) is 16.4 Å². The molecule has 9 heteroatoms. The molecule has 2 amide bonds. The van der Waals surface area contributed by atoms with E-state index in [0.717, 1.165) is 12.1 Å². The van der Waals surface area contributed by atoms with E-state index in [4.69, 9.17) is 5.73 Å². The third-order valence-corrected chi connectivity index (χ3v) is 3.21. The minimum absolute atomic E-state index is 0.258. The van der Waals surface area contributed by atoms with Gasteiger partial charge in [0.1, 0.15) is 5.82 Å². The lowest BCUT2D eigenvalue weighted by Crippen LogP contribution is -2.25. The van der Waals surface area contributed by atoms with Gasteiger partial charge in [-0.15, -0.1) is 0 Å². The van der Waals surface area contributed by atoms with Gasteiger partial charge < -0.3 is 5.73 Å². The van der Waals surface area contributed by atoms with Crippen LogP contribution in [0.3, 0.4) is 0 Å². The summed E-state index contributed by atoms with van der Waals surface area (Å²) in [6, 6.07) is 2.18. The van der Waals surface area contributed by atoms with Gasteiger partial charge in [-0.2, -0.15) is 0 Å². The van der Waals surface area contributed by atoms with E-state index < -0.39 is 46.3 Å². The fourth-order valence-corrected chi connectivity index (χ4v) is 2.22. The quantitative estimate of drug-likeness (QED) is 0.599. The van der Waals surface area contributed by atoms with Crippen molar-refractivity contribution in [3.05, 3.63) is 57.1 Å². The van der Waals surface area contributed by atoms with Gasteiger partial charge in [0.05, 0.1) is 16.8 Å². The van der Waals surface area contributed by atoms with Crippen LogP contribution >= 0.6 is 0 Å². The summed E-state index contributed by atoms with van der Waals surface area (Å²) in [5, 5.41) is 1.93. The molecule has 0 fully saturated rings. The van der Waals surface area contributed by atoms with Gasteiger partial charge in [0.2, 0.25) is 0 Å². The zero-order valence-electron chi connectivity index (χ0n) is 10.6. The predicted molar refractivity (Wildman–Crippen MR) is 68.1 cm³/mol. The molecule has 0 unspecified atom stereocenters. The number of nitrogens with one attached hydrogen (secondary N) is 1. The first-order valence-corrected chi connectivity index (χ1v) is 5.88. The molecule has 112 valence electrons. The molecule has 0 spiro atoms. The molecular formula is C13H6F3N3O3. The zero-order valence-corrected chi connectivity index (χ0v) is 10.6. The molecule has 1 aromatic carbocycles. The molecule has 1 aliphatic rings. The van der Waals surface area contributed by atoms with Crippen molar-refractivity contribution >= 4 is 17.6 Å². The summed E-state index contributed by atoms with van der Waals surface area (Å²) in [6.45, 7) is 0. The second kappa shape index (κ2) is 4.45. The van der Waals surface area contributed by atoms with Crippen molar-refractivity contribution in [1.82, 2.24) is 9.88 Å². The maximum atomic E-state index is 13.8. The Morgan fingerprint density at radius 1 is 1.00 bits per heavy atom. The second-order valence-corrected chi connectivity index (χ2v) is 4.47. The lowest BCUT2D eigenvalue weighted by molar-refractivity contribution is 0.0880. The largest absolute Gasteiger partial charge is 0.384 e. The molecular weight excluding hydrogens is 303 g/mol. The molecule has 2 heterocycles. The number of imide groups is 1. The van der Waals surface area contributed by atoms with Gasteiger partial charge in [-0.05, 0) is 12.1 Å². The van der Waals surface area contributed by atoms with Crippen molar-refractivity contribution < 1.29 is 22.8 Å². The highest BCUT2D eigenvalue weighted by molar-refractivity contribution is 6.23. The van der Waals surface area contributed by atoms with Crippen LogP contribution in [0.1, 0.15) is 20.7 Å². The lowest BCUT2D eigenvalue weighted by atomic mass is 10.1. The van der Waals surface area contributed by atoms with Gasteiger partial charge >= 0.3 is 0 Å². The lowest BCUT2D eigenvalue weighted by Gasteiger charge is -2.13. The monoisotopic (exact) mass is 309 g/mol. The maximum absolute atomic E-state index is 13.8. The van der Waals surface area contributed by atoms with Crippen molar-refractivity contribution in [3.8, 4) is 5.69 Å². The van der Waals surface area contributed by atoms with E-state index in [1.807, 2.05) is 5.32 Å². The zero-order chi connectivity index (χ0) is 16.2. The van der Waals surface area contributed by atoms with Crippen LogP contribution in [0, 0.1) is 17.5 Å². The molecule has 3 rings (SSSR count). The van der Waals surface area contributed by atoms with E-state index in [1.54, 1.807) is 0 Å². The number of nitrogens with two attached hydrogens (primary N) is 1. The highest BCUT2D eigenvalue weighted by atomic mass is 19.2. The van der Waals surface area contributed by atoms with Crippen LogP contribution in [0.2, 0.25) is 0 Å². The Hall–Kier alpha value is -3.10. The smallest absolute Gasteiger partial charge is 0.262 e. The third kappa shape index (κ3) is 1.72. The first-order valence-electron chi connectivity index (χ1n) is 5.88. The molecule has 1 aromatic heterocycles. The maximum Gasteiger partial charge on any atom is 0.262 e. The second-order valence-electron chi connectivity index (χ2n) is 4.47. The molecule has 0 saturated carbocycles. The topological polar surface area (TPSA) is 94.2 Å². The van der Waals surface area contributed by atoms with Gasteiger partial charge in [-0.25, -0.2) is 13.2 Å². The number of benzene rings is 1. The van der Waals surface area contributed by atoms with Gasteiger partial charge in [-0.1, -0.05) is 0 Å². The SMILES string of the molecule is Nc1c2c(cc(=O)n1-c1ccc(F)c(F)c1F)C(=O)NC2=O. The van der Waals surface area contributed by atoms with Gasteiger partial charge in [0, 0.05) is 6.07 Å². The summed E-state index contributed by atoms with van der Waals surface area (Å²) in [6.07, 6.45) is 0. The van der Waals surface area contributed by atoms with Crippen LogP contribution in [0.5, 0.6) is 0 Å². The third-order valence-electron chi connectivity index (χ3n) is 3.21. The minimum Gasteiger partial charge on any atom is -0.384 e. The van der Waals surface area contributed by atoms with E-state index in [1.165, 1.54) is 0 Å². The van der Waals surface area contributed by atoms with Crippen molar-refractivity contribution in [1.29, 1.82) is 0 Å². The van der Waals surface area contributed by atoms with E-state index in [-0.39, 0.29) is 11.1 Å². The van der Waals surface area contributed by atoms with Crippen molar-refractivity contribution in [2.75, 3.05) is 5.73 Å². The molecule has 2 aromatic rings. The van der Waals surface area contributed by atoms with E-state index >= 15 is 0 Å². The standard InChI is InChI=1S/C13H6F3N3O3/c14-5-1-2-6(10(16)9(5)15)19-7(20)3-4-8(11(19)17)13(22)18-12(4)21/h1-3H,17H2,(H,18,21,22). The number of pyridine rings is 1. The Balaban J connectivity index is 2.38. The van der Waals surface area contributed by atoms with E-state index in [0.29, 0.717) is 10.6 Å². The van der Waals surface area contributed by atoms with Gasteiger partial charge in [0.25, 0.3) is 17.4 Å². The normalized spacial score (nSPS) is 13.2. The summed E-state index contributed by atoms with van der Waals surface area (Å²) in [4.78, 5) is 35.1. The van der Waals surface area contributed by atoms with E-state index in [2.05, 4.69) is 0 Å². The Morgan fingerprint density at radius 3 is 2.36 bits per heavy atom. The average Bonchev–Trinajstić information content (AvgIpc) is 2.73. The number of rotatable bonds is 1. The Bertz CT molecular complexity index is 921. The summed E-state index contributed by atoms with van der Waals surface area (Å²) in [5.74, 6) is -7.10. The van der Waals surface area contributed by atoms with Crippen LogP contribution in [0.15, 0.2) is 23.0 Å². The molecule has 1 aliphatic heterocycles. The van der Waals surface area contributed by atoms with E-state index in [9.17, 15) is 27.6 Å². The number of fused-ring (bicyclic) bond motifs is 1. The average molecular weight is 309 g/mol. The van der Waals surface area contributed by atoms with Crippen LogP contribution < -0.4 is 16.6 Å². The predicted octanol–water partition coefficient (Wildman–Crippen LogP) is 0.721. The number of aromatic nitrogens is 1. The van der Waals surface area contributed by atoms with Crippen LogP contribution in [-0.2, 0) is 0 Å². The van der Waals surface area contributed by atoms with Gasteiger partial charge in [0.15, 0.2) is 17.5 Å². The number of carbonyl (C=O) groups is 2. The van der Waals surface area contributed by atoms with Crippen molar-refractivity contribution in [2.24, 2.45) is 0 Å². The molecule has 0 bridgehead atoms. The molecule has 0 aliphatic carbocycles. The molecule has 22 heavy (non-hydrogen) atoms. The fourth-order valence-electron chi connectivity index (χ4n) is 2.22. The number of hydrogen-bond donors (Lipinski definition) is 2.